The lowest BCUT2D eigenvalue weighted by molar-refractivity contribution is -0.137. The number of ether oxygens (including phenoxy) is 1. The van der Waals surface area contributed by atoms with Crippen LogP contribution in [0.1, 0.15) is 46.1 Å². The predicted molar refractivity (Wildman–Crippen MR) is 169 cm³/mol. The number of benzene rings is 1. The number of nitrogens with one attached hydrogen (secondary N) is 5. The van der Waals surface area contributed by atoms with Crippen molar-refractivity contribution in [3.8, 4) is 0 Å². The van der Waals surface area contributed by atoms with Gasteiger partial charge in [-0.1, -0.05) is 46.2 Å². The molecule has 7 amide bonds. The minimum absolute atomic E-state index is 0.0119. The number of hydrogen-bond acceptors (Lipinski definition) is 8. The number of thioether (sulfide) groups is 1. The topological polar surface area (TPSA) is 175 Å². The van der Waals surface area contributed by atoms with Gasteiger partial charge in [0.15, 0.2) is 0 Å². The van der Waals surface area contributed by atoms with Crippen molar-refractivity contribution in [3.63, 3.8) is 0 Å². The van der Waals surface area contributed by atoms with E-state index in [1.54, 1.807) is 24.3 Å². The molecule has 0 radical (unpaired) electrons. The summed E-state index contributed by atoms with van der Waals surface area (Å²) in [5.74, 6) is -1.24. The Balaban J connectivity index is 1.94. The Labute approximate surface area is 262 Å². The second-order valence-corrected chi connectivity index (χ2v) is 11.8. The average molecular weight is 633 g/mol. The maximum absolute atomic E-state index is 13.3. The lowest BCUT2D eigenvalue weighted by atomic mass is 9.97. The van der Waals surface area contributed by atoms with Crippen molar-refractivity contribution in [2.75, 3.05) is 37.0 Å². The van der Waals surface area contributed by atoms with Crippen LogP contribution in [0.3, 0.4) is 0 Å². The highest BCUT2D eigenvalue weighted by atomic mass is 32.2. The number of carbonyl (C=O) groups is 6. The highest BCUT2D eigenvalue weighted by molar-refractivity contribution is 7.98. The van der Waals surface area contributed by atoms with E-state index in [9.17, 15) is 28.8 Å². The molecule has 44 heavy (non-hydrogen) atoms. The first-order chi connectivity index (χ1) is 20.9. The van der Waals surface area contributed by atoms with Gasteiger partial charge in [-0.15, -0.1) is 0 Å². The molecule has 1 aliphatic rings. The lowest BCUT2D eigenvalue weighted by Crippen LogP contribution is -2.56. The molecule has 3 atom stereocenters. The van der Waals surface area contributed by atoms with Crippen molar-refractivity contribution in [1.29, 1.82) is 0 Å². The van der Waals surface area contributed by atoms with Gasteiger partial charge in [0.2, 0.25) is 11.8 Å². The molecule has 5 N–H and O–H groups in total. The zero-order valence-corrected chi connectivity index (χ0v) is 26.8. The van der Waals surface area contributed by atoms with Crippen LogP contribution in [0.25, 0.3) is 0 Å². The van der Waals surface area contributed by atoms with Crippen molar-refractivity contribution in [3.05, 3.63) is 42.0 Å². The number of amides is 7. The van der Waals surface area contributed by atoms with Crippen molar-refractivity contribution in [2.24, 2.45) is 11.8 Å². The summed E-state index contributed by atoms with van der Waals surface area (Å²) in [5.41, 5.74) is 1.29. The summed E-state index contributed by atoms with van der Waals surface area (Å²) in [4.78, 5) is 75.4. The average Bonchev–Trinajstić information content (AvgIpc) is 3.32. The fraction of sp³-hybridized carbons (Fsp3) is 0.533. The fourth-order valence-corrected chi connectivity index (χ4v) is 4.48. The van der Waals surface area contributed by atoms with Gasteiger partial charge in [-0.05, 0) is 48.0 Å². The van der Waals surface area contributed by atoms with Crippen molar-refractivity contribution in [1.82, 2.24) is 26.2 Å². The Morgan fingerprint density at radius 2 is 1.59 bits per heavy atom. The van der Waals surface area contributed by atoms with Gasteiger partial charge in [0.1, 0.15) is 12.1 Å². The molecule has 0 spiro atoms. The number of imide groups is 1. The molecule has 14 heteroatoms. The fourth-order valence-electron chi connectivity index (χ4n) is 4.01. The molecule has 1 aliphatic heterocycles. The molecule has 0 unspecified atom stereocenters. The smallest absolute Gasteiger partial charge is 0.407 e. The summed E-state index contributed by atoms with van der Waals surface area (Å²) in [6.07, 6.45) is 4.66. The van der Waals surface area contributed by atoms with E-state index >= 15 is 0 Å². The zero-order valence-electron chi connectivity index (χ0n) is 25.9. The highest BCUT2D eigenvalue weighted by Crippen LogP contribution is 2.12. The van der Waals surface area contributed by atoms with E-state index in [1.165, 1.54) is 23.9 Å². The van der Waals surface area contributed by atoms with Gasteiger partial charge in [0, 0.05) is 37.5 Å². The van der Waals surface area contributed by atoms with Crippen LogP contribution in [0.5, 0.6) is 0 Å². The summed E-state index contributed by atoms with van der Waals surface area (Å²) in [6.45, 7) is 8.25. The van der Waals surface area contributed by atoms with E-state index in [0.717, 1.165) is 10.5 Å². The largest absolute Gasteiger partial charge is 0.449 e. The summed E-state index contributed by atoms with van der Waals surface area (Å²) >= 11 is 1.52. The molecule has 0 saturated heterocycles. The van der Waals surface area contributed by atoms with Gasteiger partial charge in [-0.2, -0.15) is 11.8 Å². The number of alkyl carbamates (subject to hydrolysis) is 1. The van der Waals surface area contributed by atoms with Gasteiger partial charge in [0.25, 0.3) is 11.8 Å². The first kappa shape index (κ1) is 36.1. The summed E-state index contributed by atoms with van der Waals surface area (Å²) < 4.78 is 5.09. The van der Waals surface area contributed by atoms with Crippen LogP contribution < -0.4 is 26.6 Å². The Bertz CT molecular complexity index is 1170. The van der Waals surface area contributed by atoms with E-state index in [0.29, 0.717) is 30.9 Å². The number of carbonyl (C=O) groups excluding carboxylic acids is 6. The highest BCUT2D eigenvalue weighted by Gasteiger charge is 2.30. The summed E-state index contributed by atoms with van der Waals surface area (Å²) in [7, 11) is 0. The molecular formula is C30H44N6O7S. The van der Waals surface area contributed by atoms with Crippen molar-refractivity contribution in [2.45, 2.75) is 59.2 Å². The van der Waals surface area contributed by atoms with E-state index in [1.807, 2.05) is 34.0 Å². The molecule has 0 aliphatic carbocycles. The number of anilines is 1. The summed E-state index contributed by atoms with van der Waals surface area (Å²) in [6, 6.07) is 4.46. The van der Waals surface area contributed by atoms with Crippen molar-refractivity contribution >= 4 is 53.2 Å². The van der Waals surface area contributed by atoms with Crippen LogP contribution in [0, 0.1) is 11.8 Å². The van der Waals surface area contributed by atoms with Gasteiger partial charge in [-0.3, -0.25) is 24.1 Å². The third-order valence-corrected chi connectivity index (χ3v) is 7.40. The molecule has 0 saturated carbocycles. The monoisotopic (exact) mass is 632 g/mol. The van der Waals surface area contributed by atoms with Crippen LogP contribution >= 0.6 is 11.8 Å². The number of nitrogens with zero attached hydrogens (tertiary/aromatic N) is 1. The van der Waals surface area contributed by atoms with Gasteiger partial charge in [0.05, 0.1) is 6.61 Å². The molecular weight excluding hydrogens is 588 g/mol. The number of hydrogen-bond donors (Lipinski definition) is 5. The van der Waals surface area contributed by atoms with Crippen LogP contribution in [0.15, 0.2) is 36.4 Å². The lowest BCUT2D eigenvalue weighted by Gasteiger charge is -2.27. The van der Waals surface area contributed by atoms with E-state index in [-0.39, 0.29) is 31.5 Å². The second kappa shape index (κ2) is 18.6. The normalized spacial score (nSPS) is 14.5. The molecule has 242 valence electrons. The van der Waals surface area contributed by atoms with Crippen LogP contribution in [0.2, 0.25) is 0 Å². The van der Waals surface area contributed by atoms with E-state index in [4.69, 9.17) is 4.74 Å². The van der Waals surface area contributed by atoms with Gasteiger partial charge < -0.3 is 31.3 Å². The Hall–Kier alpha value is -4.07. The first-order valence-corrected chi connectivity index (χ1v) is 16.0. The van der Waals surface area contributed by atoms with Crippen molar-refractivity contribution < 1.29 is 33.5 Å². The maximum Gasteiger partial charge on any atom is 0.407 e. The Morgan fingerprint density at radius 1 is 0.932 bits per heavy atom. The van der Waals surface area contributed by atoms with E-state index < -0.39 is 47.8 Å². The minimum atomic E-state index is -0.909. The first-order valence-electron chi connectivity index (χ1n) is 14.6. The van der Waals surface area contributed by atoms with Crippen LogP contribution in [-0.2, 0) is 30.5 Å². The molecule has 2 rings (SSSR count). The SMILES string of the molecule is CC[C@H](C)[C@H](NC(=O)[C@H](CCSC)NC(=O)Nc1ccc(CNC(=O)OCC(C)C)cc1)C(=O)NCCN1C(=O)C=CC1=O. The number of urea groups is 1. The Kier molecular flexibility index (Phi) is 15.2. The minimum Gasteiger partial charge on any atom is -0.449 e. The molecule has 1 heterocycles. The molecule has 1 aromatic rings. The van der Waals surface area contributed by atoms with E-state index in [2.05, 4.69) is 26.6 Å². The zero-order chi connectivity index (χ0) is 32.6. The van der Waals surface area contributed by atoms with Gasteiger partial charge >= 0.3 is 12.1 Å². The second-order valence-electron chi connectivity index (χ2n) is 10.8. The Morgan fingerprint density at radius 3 is 2.18 bits per heavy atom. The molecule has 0 bridgehead atoms. The predicted octanol–water partition coefficient (Wildman–Crippen LogP) is 2.38. The maximum atomic E-state index is 13.3. The third-order valence-electron chi connectivity index (χ3n) is 6.76. The molecule has 0 fully saturated rings. The van der Waals surface area contributed by atoms with Crippen LogP contribution in [-0.4, -0.2) is 84.4 Å². The van der Waals surface area contributed by atoms with Crippen LogP contribution in [0.4, 0.5) is 15.3 Å². The molecule has 13 nitrogen and oxygen atoms in total. The third kappa shape index (κ3) is 12.3. The number of rotatable bonds is 17. The molecule has 1 aromatic carbocycles. The van der Waals surface area contributed by atoms with Gasteiger partial charge in [-0.25, -0.2) is 9.59 Å². The quantitative estimate of drug-likeness (QED) is 0.163. The summed E-state index contributed by atoms with van der Waals surface area (Å²) in [5, 5.41) is 13.6. The molecule has 0 aromatic heterocycles. The standard InChI is InChI=1S/C30H44N6O7S/c1-6-20(4)26(28(40)31-14-15-36-24(37)11-12-25(36)38)35-27(39)23(13-16-44-5)34-29(41)33-22-9-7-21(8-10-22)17-32-30(42)43-18-19(2)3/h7-12,19-20,23,26H,6,13-18H2,1-5H3,(H,31,40)(H,32,42)(H,35,39)(H2,33,34,41)/t20-,23-,26-/m0/s1.